The molecule has 1 atom stereocenters. The van der Waals surface area contributed by atoms with Crippen molar-refractivity contribution in [3.05, 3.63) is 22.2 Å². The van der Waals surface area contributed by atoms with Crippen molar-refractivity contribution >= 4 is 40.5 Å². The van der Waals surface area contributed by atoms with Crippen LogP contribution in [0.15, 0.2) is 12.1 Å². The van der Waals surface area contributed by atoms with Gasteiger partial charge in [0.15, 0.2) is 0 Å². The Bertz CT molecular complexity index is 483. The first-order chi connectivity index (χ1) is 9.72. The molecule has 4 nitrogen and oxygen atoms in total. The molecule has 0 aliphatic carbocycles. The molecule has 3 N–H and O–H groups in total. The van der Waals surface area contributed by atoms with Crippen molar-refractivity contribution in [2.45, 2.75) is 33.2 Å². The fourth-order valence-corrected chi connectivity index (χ4v) is 2.47. The van der Waals surface area contributed by atoms with Crippen molar-refractivity contribution < 1.29 is 4.79 Å². The number of benzene rings is 1. The fourth-order valence-electron chi connectivity index (χ4n) is 1.92. The molecule has 21 heavy (non-hydrogen) atoms. The molecule has 1 rings (SSSR count). The van der Waals surface area contributed by atoms with E-state index in [1.54, 1.807) is 12.1 Å². The zero-order valence-corrected chi connectivity index (χ0v) is 14.4. The lowest BCUT2D eigenvalue weighted by atomic mass is 10.1. The highest BCUT2D eigenvalue weighted by Gasteiger charge is 2.15. The molecule has 0 aliphatic rings. The molecule has 0 aromatic heterocycles. The average molecular weight is 332 g/mol. The number of nitrogens with two attached hydrogens (primary N) is 1. The van der Waals surface area contributed by atoms with Gasteiger partial charge in [0.1, 0.15) is 0 Å². The minimum atomic E-state index is -0.117. The number of nitrogen functional groups attached to an aromatic ring is 1. The highest BCUT2D eigenvalue weighted by Crippen LogP contribution is 2.32. The Morgan fingerprint density at radius 2 is 1.95 bits per heavy atom. The molecular weight excluding hydrogens is 309 g/mol. The van der Waals surface area contributed by atoms with E-state index >= 15 is 0 Å². The number of anilines is 2. The lowest BCUT2D eigenvalue weighted by molar-refractivity contribution is -0.116. The smallest absolute Gasteiger partial charge is 0.225 e. The summed E-state index contributed by atoms with van der Waals surface area (Å²) in [6, 6.07) is 3.54. The first-order valence-electron chi connectivity index (χ1n) is 6.97. The summed E-state index contributed by atoms with van der Waals surface area (Å²) in [5, 5.41) is 3.54. The maximum absolute atomic E-state index is 12.0. The summed E-state index contributed by atoms with van der Waals surface area (Å²) in [5.41, 5.74) is 6.61. The van der Waals surface area contributed by atoms with Crippen LogP contribution < -0.4 is 11.1 Å². The number of carbonyl (C=O) groups excluding carboxylic acids is 1. The molecule has 0 spiro atoms. The minimum absolute atomic E-state index is 0.117. The number of hydrogen-bond donors (Lipinski definition) is 2. The molecule has 0 heterocycles. The number of rotatable bonds is 6. The number of carbonyl (C=O) groups is 1. The van der Waals surface area contributed by atoms with Crippen LogP contribution in [-0.4, -0.2) is 30.4 Å². The Labute approximate surface area is 136 Å². The largest absolute Gasteiger partial charge is 0.397 e. The van der Waals surface area contributed by atoms with E-state index in [4.69, 9.17) is 28.9 Å². The van der Waals surface area contributed by atoms with Gasteiger partial charge in [-0.05, 0) is 32.0 Å². The molecule has 0 saturated heterocycles. The predicted molar refractivity (Wildman–Crippen MR) is 91.1 cm³/mol. The van der Waals surface area contributed by atoms with Gasteiger partial charge in [-0.15, -0.1) is 0 Å². The van der Waals surface area contributed by atoms with Crippen LogP contribution in [0.1, 0.15) is 27.2 Å². The van der Waals surface area contributed by atoms with E-state index in [1.165, 1.54) is 0 Å². The van der Waals surface area contributed by atoms with Gasteiger partial charge in [-0.25, -0.2) is 0 Å². The molecule has 0 radical (unpaired) electrons. The molecule has 6 heteroatoms. The highest BCUT2D eigenvalue weighted by molar-refractivity contribution is 6.37. The first-order valence-corrected chi connectivity index (χ1v) is 7.72. The maximum atomic E-state index is 12.0. The maximum Gasteiger partial charge on any atom is 0.225 e. The quantitative estimate of drug-likeness (QED) is 0.777. The van der Waals surface area contributed by atoms with Crippen LogP contribution in [0.5, 0.6) is 0 Å². The topological polar surface area (TPSA) is 58.4 Å². The van der Waals surface area contributed by atoms with Gasteiger partial charge in [0.25, 0.3) is 0 Å². The molecule has 1 aromatic rings. The van der Waals surface area contributed by atoms with E-state index < -0.39 is 0 Å². The van der Waals surface area contributed by atoms with Crippen LogP contribution in [0.3, 0.4) is 0 Å². The van der Waals surface area contributed by atoms with Gasteiger partial charge >= 0.3 is 0 Å². The SMILES string of the molecule is CC(C)C(C)N(C)CCC(=O)Nc1c(N)cc(Cl)cc1Cl. The number of halogens is 2. The molecule has 0 aliphatic heterocycles. The van der Waals surface area contributed by atoms with Gasteiger partial charge in [0.05, 0.1) is 16.4 Å². The summed E-state index contributed by atoms with van der Waals surface area (Å²) in [4.78, 5) is 14.2. The summed E-state index contributed by atoms with van der Waals surface area (Å²) >= 11 is 11.9. The van der Waals surface area contributed by atoms with Crippen LogP contribution in [0.4, 0.5) is 11.4 Å². The normalized spacial score (nSPS) is 12.8. The number of nitrogens with zero attached hydrogens (tertiary/aromatic N) is 1. The highest BCUT2D eigenvalue weighted by atomic mass is 35.5. The Morgan fingerprint density at radius 1 is 1.33 bits per heavy atom. The Hall–Kier alpha value is -0.970. The van der Waals surface area contributed by atoms with E-state index in [0.29, 0.717) is 46.3 Å². The van der Waals surface area contributed by atoms with Crippen LogP contribution in [-0.2, 0) is 4.79 Å². The predicted octanol–water partition coefficient (Wildman–Crippen LogP) is 3.88. The van der Waals surface area contributed by atoms with Gasteiger partial charge in [-0.2, -0.15) is 0 Å². The first kappa shape index (κ1) is 18.1. The van der Waals surface area contributed by atoms with Gasteiger partial charge in [0, 0.05) is 24.0 Å². The van der Waals surface area contributed by atoms with Crippen LogP contribution in [0, 0.1) is 5.92 Å². The Balaban J connectivity index is 2.59. The average Bonchev–Trinajstić information content (AvgIpc) is 2.39. The van der Waals surface area contributed by atoms with Crippen LogP contribution >= 0.6 is 23.2 Å². The molecule has 1 amide bonds. The van der Waals surface area contributed by atoms with Crippen molar-refractivity contribution in [3.8, 4) is 0 Å². The van der Waals surface area contributed by atoms with Crippen LogP contribution in [0.2, 0.25) is 10.0 Å². The second kappa shape index (κ2) is 7.87. The Kier molecular flexibility index (Phi) is 6.78. The summed E-state index contributed by atoms with van der Waals surface area (Å²) < 4.78 is 0. The second-order valence-corrected chi connectivity index (χ2v) is 6.46. The van der Waals surface area contributed by atoms with Crippen molar-refractivity contribution in [1.82, 2.24) is 4.90 Å². The van der Waals surface area contributed by atoms with Gasteiger partial charge in [-0.3, -0.25) is 4.79 Å². The van der Waals surface area contributed by atoms with Crippen LogP contribution in [0.25, 0.3) is 0 Å². The standard InChI is InChI=1S/C15H23Cl2N3O/c1-9(2)10(3)20(4)6-5-14(21)19-15-12(17)7-11(16)8-13(15)18/h7-10H,5-6,18H2,1-4H3,(H,19,21). The van der Waals surface area contributed by atoms with Crippen molar-refractivity contribution in [1.29, 1.82) is 0 Å². The second-order valence-electron chi connectivity index (χ2n) is 5.62. The third-order valence-corrected chi connectivity index (χ3v) is 4.22. The minimum Gasteiger partial charge on any atom is -0.397 e. The number of amides is 1. The van der Waals surface area contributed by atoms with Gasteiger partial charge < -0.3 is 16.0 Å². The third kappa shape index (κ3) is 5.38. The summed E-state index contributed by atoms with van der Waals surface area (Å²) in [5.74, 6) is 0.424. The van der Waals surface area contributed by atoms with E-state index in [2.05, 4.69) is 31.0 Å². The van der Waals surface area contributed by atoms with E-state index in [0.717, 1.165) is 0 Å². The third-order valence-electron chi connectivity index (χ3n) is 3.70. The zero-order valence-electron chi connectivity index (χ0n) is 12.9. The fraction of sp³-hybridized carbons (Fsp3) is 0.533. The number of nitrogens with one attached hydrogen (secondary N) is 1. The van der Waals surface area contributed by atoms with Crippen molar-refractivity contribution in [3.63, 3.8) is 0 Å². The zero-order chi connectivity index (χ0) is 16.2. The molecule has 0 saturated carbocycles. The molecule has 118 valence electrons. The molecule has 0 bridgehead atoms. The van der Waals surface area contributed by atoms with E-state index in [9.17, 15) is 4.79 Å². The molecule has 1 aromatic carbocycles. The Morgan fingerprint density at radius 3 is 2.48 bits per heavy atom. The lowest BCUT2D eigenvalue weighted by Gasteiger charge is -2.27. The summed E-state index contributed by atoms with van der Waals surface area (Å²) in [6.07, 6.45) is 0.381. The van der Waals surface area contributed by atoms with Crippen molar-refractivity contribution in [2.24, 2.45) is 5.92 Å². The van der Waals surface area contributed by atoms with E-state index in [1.807, 2.05) is 7.05 Å². The van der Waals surface area contributed by atoms with E-state index in [-0.39, 0.29) is 5.91 Å². The lowest BCUT2D eigenvalue weighted by Crippen LogP contribution is -2.35. The monoisotopic (exact) mass is 331 g/mol. The van der Waals surface area contributed by atoms with Gasteiger partial charge in [-0.1, -0.05) is 37.0 Å². The molecular formula is C15H23Cl2N3O. The summed E-state index contributed by atoms with van der Waals surface area (Å²) in [7, 11) is 2.02. The summed E-state index contributed by atoms with van der Waals surface area (Å²) in [6.45, 7) is 7.15. The van der Waals surface area contributed by atoms with Crippen molar-refractivity contribution in [2.75, 3.05) is 24.6 Å². The molecule has 0 fully saturated rings. The number of hydrogen-bond acceptors (Lipinski definition) is 3. The van der Waals surface area contributed by atoms with Gasteiger partial charge in [0.2, 0.25) is 5.91 Å². The molecule has 1 unspecified atom stereocenters.